The van der Waals surface area contributed by atoms with Gasteiger partial charge >= 0.3 is 0 Å². The first-order valence-corrected chi connectivity index (χ1v) is 4.28. The summed E-state index contributed by atoms with van der Waals surface area (Å²) in [6.07, 6.45) is 1.97. The first kappa shape index (κ1) is 7.73. The molecule has 0 fully saturated rings. The fourth-order valence-electron chi connectivity index (χ4n) is 0.971. The molecule has 0 amide bonds. The number of rotatable bonds is 2. The molecule has 1 heterocycles. The van der Waals surface area contributed by atoms with E-state index in [2.05, 4.69) is 18.8 Å². The molecule has 0 N–H and O–H groups in total. The van der Waals surface area contributed by atoms with Crippen molar-refractivity contribution in [2.45, 2.75) is 26.7 Å². The van der Waals surface area contributed by atoms with Gasteiger partial charge < -0.3 is 0 Å². The van der Waals surface area contributed by atoms with Gasteiger partial charge in [-0.05, 0) is 26.7 Å². The van der Waals surface area contributed by atoms with Crippen molar-refractivity contribution >= 4 is 11.3 Å². The molecule has 0 saturated carbocycles. The van der Waals surface area contributed by atoms with Crippen molar-refractivity contribution in [1.29, 1.82) is 0 Å². The van der Waals surface area contributed by atoms with Crippen molar-refractivity contribution in [3.63, 3.8) is 0 Å². The van der Waals surface area contributed by atoms with E-state index >= 15 is 0 Å². The molecule has 1 aromatic heterocycles. The number of aryl methyl sites for hydroxylation is 3. The van der Waals surface area contributed by atoms with E-state index in [9.17, 15) is 0 Å². The molecular weight excluding hydrogens is 142 g/mol. The van der Waals surface area contributed by atoms with Crippen LogP contribution in [0.3, 0.4) is 0 Å². The average Bonchev–Trinajstić information content (AvgIpc) is 2.13. The summed E-state index contributed by atoms with van der Waals surface area (Å²) in [4.78, 5) is 5.73. The minimum atomic E-state index is 0.948. The van der Waals surface area contributed by atoms with Gasteiger partial charge in [0.15, 0.2) is 0 Å². The third-order valence-electron chi connectivity index (χ3n) is 1.41. The highest BCUT2D eigenvalue weighted by atomic mass is 32.1. The first-order chi connectivity index (χ1) is 4.74. The van der Waals surface area contributed by atoms with E-state index < -0.39 is 0 Å². The second-order valence-corrected chi connectivity index (χ2v) is 3.75. The first-order valence-electron chi connectivity index (χ1n) is 3.46. The molecule has 0 aliphatic heterocycles. The Hall–Kier alpha value is -0.370. The molecule has 0 bridgehead atoms. The standard InChI is InChI=1S/C8H12NS/c1-4-5-8-6(2)10-7(3)9-8/h1,4-5H2,2-3H3. The average molecular weight is 154 g/mol. The number of nitrogens with zero attached hydrogens (tertiary/aromatic N) is 1. The third-order valence-corrected chi connectivity index (χ3v) is 2.34. The van der Waals surface area contributed by atoms with E-state index in [4.69, 9.17) is 0 Å². The van der Waals surface area contributed by atoms with Crippen LogP contribution in [0.15, 0.2) is 0 Å². The van der Waals surface area contributed by atoms with E-state index in [1.165, 1.54) is 15.6 Å². The predicted molar refractivity (Wildman–Crippen MR) is 45.3 cm³/mol. The second-order valence-electron chi connectivity index (χ2n) is 2.34. The highest BCUT2D eigenvalue weighted by Gasteiger charge is 2.01. The Balaban J connectivity index is 2.81. The zero-order valence-electron chi connectivity index (χ0n) is 6.48. The predicted octanol–water partition coefficient (Wildman–Crippen LogP) is 2.53. The summed E-state index contributed by atoms with van der Waals surface area (Å²) >= 11 is 1.77. The molecular formula is C8H12NS. The van der Waals surface area contributed by atoms with E-state index in [1.54, 1.807) is 11.3 Å². The van der Waals surface area contributed by atoms with E-state index in [-0.39, 0.29) is 0 Å². The lowest BCUT2D eigenvalue weighted by Gasteiger charge is -1.90. The van der Waals surface area contributed by atoms with Gasteiger partial charge in [-0.3, -0.25) is 0 Å². The van der Waals surface area contributed by atoms with Crippen molar-refractivity contribution in [2.75, 3.05) is 0 Å². The highest BCUT2D eigenvalue weighted by molar-refractivity contribution is 7.11. The molecule has 1 rings (SSSR count). The third kappa shape index (κ3) is 1.57. The molecule has 1 aromatic rings. The summed E-state index contributed by atoms with van der Waals surface area (Å²) in [6.45, 7) is 7.96. The van der Waals surface area contributed by atoms with Gasteiger partial charge in [-0.2, -0.15) is 0 Å². The summed E-state index contributed by atoms with van der Waals surface area (Å²) in [6, 6.07) is 0. The molecule has 0 atom stereocenters. The van der Waals surface area contributed by atoms with Crippen LogP contribution in [0.5, 0.6) is 0 Å². The molecule has 0 aliphatic rings. The maximum Gasteiger partial charge on any atom is 0.0900 e. The van der Waals surface area contributed by atoms with Gasteiger partial charge in [0.05, 0.1) is 10.7 Å². The monoisotopic (exact) mass is 154 g/mol. The van der Waals surface area contributed by atoms with Crippen LogP contribution in [0.25, 0.3) is 0 Å². The van der Waals surface area contributed by atoms with Gasteiger partial charge in [0.1, 0.15) is 0 Å². The molecule has 10 heavy (non-hydrogen) atoms. The van der Waals surface area contributed by atoms with Crippen LogP contribution in [0, 0.1) is 20.8 Å². The van der Waals surface area contributed by atoms with Gasteiger partial charge in [0.25, 0.3) is 0 Å². The molecule has 0 spiro atoms. The normalized spacial score (nSPS) is 10.3. The van der Waals surface area contributed by atoms with Crippen molar-refractivity contribution in [3.8, 4) is 0 Å². The lowest BCUT2D eigenvalue weighted by Crippen LogP contribution is -1.85. The van der Waals surface area contributed by atoms with E-state index in [0.717, 1.165) is 12.8 Å². The van der Waals surface area contributed by atoms with Crippen LogP contribution >= 0.6 is 11.3 Å². The van der Waals surface area contributed by atoms with E-state index in [1.807, 2.05) is 6.92 Å². The van der Waals surface area contributed by atoms with Crippen molar-refractivity contribution in [3.05, 3.63) is 22.5 Å². The molecule has 0 unspecified atom stereocenters. The van der Waals surface area contributed by atoms with Gasteiger partial charge in [-0.1, -0.05) is 6.92 Å². The Bertz CT molecular complexity index is 215. The van der Waals surface area contributed by atoms with Gasteiger partial charge in [0, 0.05) is 4.88 Å². The summed E-state index contributed by atoms with van der Waals surface area (Å²) in [5.74, 6) is 0. The maximum atomic E-state index is 4.38. The Labute approximate surface area is 66.1 Å². The van der Waals surface area contributed by atoms with Crippen molar-refractivity contribution in [1.82, 2.24) is 4.98 Å². The second kappa shape index (κ2) is 3.15. The van der Waals surface area contributed by atoms with Crippen molar-refractivity contribution < 1.29 is 0 Å². The zero-order valence-corrected chi connectivity index (χ0v) is 7.29. The van der Waals surface area contributed by atoms with Gasteiger partial charge in [0.2, 0.25) is 0 Å². The molecule has 0 aliphatic carbocycles. The topological polar surface area (TPSA) is 12.9 Å². The van der Waals surface area contributed by atoms with Gasteiger partial charge in [-0.25, -0.2) is 4.98 Å². The van der Waals surface area contributed by atoms with Crippen molar-refractivity contribution in [2.24, 2.45) is 0 Å². The number of hydrogen-bond donors (Lipinski definition) is 0. The Morgan fingerprint density at radius 1 is 1.50 bits per heavy atom. The smallest absolute Gasteiger partial charge is 0.0900 e. The quantitative estimate of drug-likeness (QED) is 0.638. The Morgan fingerprint density at radius 3 is 2.60 bits per heavy atom. The number of thiazole rings is 1. The largest absolute Gasteiger partial charge is 0.246 e. The molecule has 0 saturated heterocycles. The minimum Gasteiger partial charge on any atom is -0.246 e. The lowest BCUT2D eigenvalue weighted by atomic mass is 10.2. The minimum absolute atomic E-state index is 0.948. The molecule has 1 nitrogen and oxygen atoms in total. The summed E-state index contributed by atoms with van der Waals surface area (Å²) in [5, 5.41) is 1.17. The summed E-state index contributed by atoms with van der Waals surface area (Å²) < 4.78 is 0. The number of hydrogen-bond acceptors (Lipinski definition) is 2. The van der Waals surface area contributed by atoms with Crippen LogP contribution in [-0.4, -0.2) is 4.98 Å². The fraction of sp³-hybridized carbons (Fsp3) is 0.500. The zero-order chi connectivity index (χ0) is 7.56. The van der Waals surface area contributed by atoms with Crippen LogP contribution in [0.4, 0.5) is 0 Å². The Morgan fingerprint density at radius 2 is 2.20 bits per heavy atom. The molecule has 55 valence electrons. The molecule has 2 heteroatoms. The van der Waals surface area contributed by atoms with Crippen LogP contribution < -0.4 is 0 Å². The molecule has 1 radical (unpaired) electrons. The highest BCUT2D eigenvalue weighted by Crippen LogP contribution is 2.17. The Kier molecular flexibility index (Phi) is 2.44. The fourth-order valence-corrected chi connectivity index (χ4v) is 1.84. The van der Waals surface area contributed by atoms with E-state index in [0.29, 0.717) is 0 Å². The van der Waals surface area contributed by atoms with Gasteiger partial charge in [-0.15, -0.1) is 11.3 Å². The summed E-state index contributed by atoms with van der Waals surface area (Å²) in [5.41, 5.74) is 1.23. The van der Waals surface area contributed by atoms with Crippen LogP contribution in [0.1, 0.15) is 22.0 Å². The number of aromatic nitrogens is 1. The molecule has 0 aromatic carbocycles. The van der Waals surface area contributed by atoms with Crippen LogP contribution in [0.2, 0.25) is 0 Å². The lowest BCUT2D eigenvalue weighted by molar-refractivity contribution is 0.938. The van der Waals surface area contributed by atoms with Crippen LogP contribution in [-0.2, 0) is 6.42 Å². The SMILES string of the molecule is [CH2]CCc1nc(C)sc1C. The summed E-state index contributed by atoms with van der Waals surface area (Å²) in [7, 11) is 0. The maximum absolute atomic E-state index is 4.38.